The Bertz CT molecular complexity index is 775. The smallest absolute Gasteiger partial charge is 0.298 e. The molecule has 0 amide bonds. The molecule has 1 aromatic carbocycles. The number of para-hydroxylation sites is 2. The minimum Gasteiger partial charge on any atom is -0.423 e. The third kappa shape index (κ3) is 2.88. The largest absolute Gasteiger partial charge is 0.423 e. The molecule has 2 aromatic rings. The van der Waals surface area contributed by atoms with E-state index in [4.69, 9.17) is 9.15 Å². The fraction of sp³-hybridized carbons (Fsp3) is 0.533. The summed E-state index contributed by atoms with van der Waals surface area (Å²) >= 11 is 0. The van der Waals surface area contributed by atoms with E-state index in [1.807, 2.05) is 29.2 Å². The first kappa shape index (κ1) is 15.8. The first-order valence-electron chi connectivity index (χ1n) is 8.08. The van der Waals surface area contributed by atoms with Crippen molar-refractivity contribution in [2.24, 2.45) is 0 Å². The number of aromatic nitrogens is 1. The van der Waals surface area contributed by atoms with E-state index in [1.165, 1.54) is 8.61 Å². The average Bonchev–Trinajstić information content (AvgIpc) is 3.07. The molecule has 0 N–H and O–H groups in total. The van der Waals surface area contributed by atoms with Crippen molar-refractivity contribution >= 4 is 27.3 Å². The van der Waals surface area contributed by atoms with Crippen molar-refractivity contribution in [2.75, 3.05) is 57.4 Å². The van der Waals surface area contributed by atoms with E-state index >= 15 is 0 Å². The molecule has 0 saturated carbocycles. The number of ether oxygens (including phenoxy) is 1. The van der Waals surface area contributed by atoms with E-state index in [2.05, 4.69) is 4.98 Å². The Kier molecular flexibility index (Phi) is 4.17. The lowest BCUT2D eigenvalue weighted by molar-refractivity contribution is 0.0700. The minimum absolute atomic E-state index is 0.424. The van der Waals surface area contributed by atoms with E-state index in [-0.39, 0.29) is 0 Å². The van der Waals surface area contributed by atoms with Gasteiger partial charge in [0, 0.05) is 39.3 Å². The number of benzene rings is 1. The van der Waals surface area contributed by atoms with E-state index in [0.717, 1.165) is 11.1 Å². The zero-order valence-electron chi connectivity index (χ0n) is 13.3. The van der Waals surface area contributed by atoms with Crippen molar-refractivity contribution < 1.29 is 17.6 Å². The average molecular weight is 352 g/mol. The second kappa shape index (κ2) is 6.32. The van der Waals surface area contributed by atoms with Gasteiger partial charge in [0.15, 0.2) is 5.58 Å². The van der Waals surface area contributed by atoms with Gasteiger partial charge >= 0.3 is 0 Å². The maximum absolute atomic E-state index is 12.7. The van der Waals surface area contributed by atoms with Gasteiger partial charge in [-0.05, 0) is 12.1 Å². The topological polar surface area (TPSA) is 79.1 Å². The summed E-state index contributed by atoms with van der Waals surface area (Å²) in [5, 5.41) is 0. The molecular formula is C15H20N4O4S. The van der Waals surface area contributed by atoms with E-state index in [0.29, 0.717) is 58.5 Å². The van der Waals surface area contributed by atoms with Crippen molar-refractivity contribution in [3.63, 3.8) is 0 Å². The summed E-state index contributed by atoms with van der Waals surface area (Å²) in [5.74, 6) is 0. The molecule has 24 heavy (non-hydrogen) atoms. The maximum atomic E-state index is 12.7. The Hall–Kier alpha value is -1.68. The lowest BCUT2D eigenvalue weighted by Gasteiger charge is -2.37. The highest BCUT2D eigenvalue weighted by Crippen LogP contribution is 2.23. The highest BCUT2D eigenvalue weighted by molar-refractivity contribution is 7.86. The van der Waals surface area contributed by atoms with Crippen molar-refractivity contribution in [1.29, 1.82) is 0 Å². The van der Waals surface area contributed by atoms with Crippen LogP contribution in [0.15, 0.2) is 28.7 Å². The molecule has 1 aromatic heterocycles. The maximum Gasteiger partial charge on any atom is 0.298 e. The second-order valence-electron chi connectivity index (χ2n) is 5.87. The van der Waals surface area contributed by atoms with Gasteiger partial charge in [-0.1, -0.05) is 12.1 Å². The van der Waals surface area contributed by atoms with Gasteiger partial charge in [-0.25, -0.2) is 0 Å². The van der Waals surface area contributed by atoms with Crippen LogP contribution in [-0.4, -0.2) is 74.5 Å². The molecule has 3 heterocycles. The van der Waals surface area contributed by atoms with Crippen molar-refractivity contribution in [1.82, 2.24) is 13.6 Å². The minimum atomic E-state index is -3.41. The predicted molar refractivity (Wildman–Crippen MR) is 89.1 cm³/mol. The highest BCUT2D eigenvalue weighted by atomic mass is 32.2. The molecule has 2 saturated heterocycles. The molecule has 9 heteroatoms. The van der Waals surface area contributed by atoms with Crippen LogP contribution < -0.4 is 4.90 Å². The Balaban J connectivity index is 1.44. The van der Waals surface area contributed by atoms with Crippen LogP contribution in [0.3, 0.4) is 0 Å². The summed E-state index contributed by atoms with van der Waals surface area (Å²) in [6, 6.07) is 8.16. The number of nitrogens with zero attached hydrogens (tertiary/aromatic N) is 4. The van der Waals surface area contributed by atoms with Crippen LogP contribution >= 0.6 is 0 Å². The molecule has 4 rings (SSSR count). The van der Waals surface area contributed by atoms with Gasteiger partial charge in [-0.3, -0.25) is 0 Å². The van der Waals surface area contributed by atoms with Crippen LogP contribution in [0.25, 0.3) is 11.1 Å². The normalized spacial score (nSPS) is 21.4. The van der Waals surface area contributed by atoms with E-state index < -0.39 is 10.2 Å². The molecule has 2 aliphatic heterocycles. The number of hydrogen-bond acceptors (Lipinski definition) is 6. The zero-order chi connectivity index (χ0) is 16.6. The fourth-order valence-corrected chi connectivity index (χ4v) is 4.61. The highest BCUT2D eigenvalue weighted by Gasteiger charge is 2.34. The predicted octanol–water partition coefficient (Wildman–Crippen LogP) is 0.527. The summed E-state index contributed by atoms with van der Waals surface area (Å²) in [4.78, 5) is 6.47. The van der Waals surface area contributed by atoms with E-state index in [9.17, 15) is 8.42 Å². The fourth-order valence-electron chi connectivity index (χ4n) is 3.05. The Labute approximate surface area is 140 Å². The summed E-state index contributed by atoms with van der Waals surface area (Å²) in [5.41, 5.74) is 1.56. The van der Waals surface area contributed by atoms with Crippen LogP contribution in [0.1, 0.15) is 0 Å². The van der Waals surface area contributed by atoms with Crippen molar-refractivity contribution in [3.8, 4) is 0 Å². The number of oxazole rings is 1. The lowest BCUT2D eigenvalue weighted by atomic mass is 10.3. The van der Waals surface area contributed by atoms with Gasteiger partial charge in [0.05, 0.1) is 13.2 Å². The summed E-state index contributed by atoms with van der Waals surface area (Å²) in [7, 11) is -3.41. The summed E-state index contributed by atoms with van der Waals surface area (Å²) < 4.78 is 39.4. The number of morpholine rings is 1. The molecule has 2 aliphatic rings. The molecule has 0 atom stereocenters. The standard InChI is InChI=1S/C15H20N4O4S/c20-24(21,19-9-11-22-12-10-19)18-7-5-17(6-8-18)15-16-13-3-1-2-4-14(13)23-15/h1-4H,5-12H2. The molecule has 0 radical (unpaired) electrons. The summed E-state index contributed by atoms with van der Waals surface area (Å²) in [6.07, 6.45) is 0. The lowest BCUT2D eigenvalue weighted by Crippen LogP contribution is -2.55. The van der Waals surface area contributed by atoms with Crippen LogP contribution in [0.5, 0.6) is 0 Å². The van der Waals surface area contributed by atoms with E-state index in [1.54, 1.807) is 0 Å². The van der Waals surface area contributed by atoms with Crippen LogP contribution in [0.4, 0.5) is 6.01 Å². The Morgan fingerprint density at radius 3 is 2.29 bits per heavy atom. The molecule has 130 valence electrons. The van der Waals surface area contributed by atoms with Gasteiger partial charge in [0.25, 0.3) is 16.2 Å². The number of piperazine rings is 1. The third-order valence-corrected chi connectivity index (χ3v) is 6.45. The second-order valence-corrected chi connectivity index (χ2v) is 7.80. The van der Waals surface area contributed by atoms with Gasteiger partial charge in [0.2, 0.25) is 0 Å². The third-order valence-electron chi connectivity index (χ3n) is 4.41. The van der Waals surface area contributed by atoms with Gasteiger partial charge < -0.3 is 14.1 Å². The zero-order valence-corrected chi connectivity index (χ0v) is 14.1. The van der Waals surface area contributed by atoms with Crippen molar-refractivity contribution in [2.45, 2.75) is 0 Å². The number of rotatable bonds is 3. The molecule has 0 aliphatic carbocycles. The monoisotopic (exact) mass is 352 g/mol. The molecule has 8 nitrogen and oxygen atoms in total. The SMILES string of the molecule is O=S(=O)(N1CCOCC1)N1CCN(c2nc3ccccc3o2)CC1. The number of fused-ring (bicyclic) bond motifs is 1. The van der Waals surface area contributed by atoms with Crippen LogP contribution in [0.2, 0.25) is 0 Å². The molecule has 0 bridgehead atoms. The number of hydrogen-bond donors (Lipinski definition) is 0. The summed E-state index contributed by atoms with van der Waals surface area (Å²) in [6.45, 7) is 3.76. The van der Waals surface area contributed by atoms with Gasteiger partial charge in [-0.15, -0.1) is 0 Å². The molecule has 0 unspecified atom stereocenters. The first-order valence-corrected chi connectivity index (χ1v) is 9.48. The van der Waals surface area contributed by atoms with Gasteiger partial charge in [-0.2, -0.15) is 22.0 Å². The van der Waals surface area contributed by atoms with Crippen molar-refractivity contribution in [3.05, 3.63) is 24.3 Å². The quantitative estimate of drug-likeness (QED) is 0.802. The van der Waals surface area contributed by atoms with Crippen LogP contribution in [0, 0.1) is 0 Å². The Morgan fingerprint density at radius 1 is 0.917 bits per heavy atom. The Morgan fingerprint density at radius 2 is 1.58 bits per heavy atom. The van der Waals surface area contributed by atoms with Gasteiger partial charge in [0.1, 0.15) is 5.52 Å². The molecular weight excluding hydrogens is 332 g/mol. The first-order chi connectivity index (χ1) is 11.6. The number of anilines is 1. The van der Waals surface area contributed by atoms with Crippen LogP contribution in [-0.2, 0) is 14.9 Å². The molecule has 0 spiro atoms. The molecule has 2 fully saturated rings.